The van der Waals surface area contributed by atoms with Crippen LogP contribution in [-0.2, 0) is 27.7 Å². The zero-order chi connectivity index (χ0) is 29.2. The Morgan fingerprint density at radius 2 is 1.95 bits per heavy atom. The second-order valence-corrected chi connectivity index (χ2v) is 14.6. The average Bonchev–Trinajstić information content (AvgIpc) is 3.32. The lowest BCUT2D eigenvalue weighted by molar-refractivity contribution is 0.0519. The third kappa shape index (κ3) is 7.43. The van der Waals surface area contributed by atoms with Gasteiger partial charge < -0.3 is 10.1 Å². The molecule has 1 saturated heterocycles. The van der Waals surface area contributed by atoms with Crippen LogP contribution >= 0.6 is 27.5 Å². The highest BCUT2D eigenvalue weighted by Gasteiger charge is 2.25. The van der Waals surface area contributed by atoms with E-state index in [9.17, 15) is 18.0 Å². The summed E-state index contributed by atoms with van der Waals surface area (Å²) in [5.41, 5.74) is 1.21. The molecule has 9 nitrogen and oxygen atoms in total. The minimum atomic E-state index is -3.50. The first-order valence-corrected chi connectivity index (χ1v) is 16.0. The number of benzene rings is 2. The van der Waals surface area contributed by atoms with E-state index < -0.39 is 21.5 Å². The summed E-state index contributed by atoms with van der Waals surface area (Å²) in [6.45, 7) is 10.1. The van der Waals surface area contributed by atoms with Crippen LogP contribution in [0.5, 0.6) is 0 Å². The van der Waals surface area contributed by atoms with E-state index in [1.54, 1.807) is 19.1 Å². The summed E-state index contributed by atoms with van der Waals surface area (Å²) in [4.78, 5) is 32.3. The van der Waals surface area contributed by atoms with Gasteiger partial charge in [0.25, 0.3) is 5.56 Å². The van der Waals surface area contributed by atoms with E-state index in [1.807, 2.05) is 26.8 Å². The van der Waals surface area contributed by atoms with Crippen molar-refractivity contribution in [3.05, 3.63) is 67.6 Å². The minimum Gasteiger partial charge on any atom is -0.444 e. The Kier molecular flexibility index (Phi) is 9.28. The molecule has 1 aliphatic rings. The first-order chi connectivity index (χ1) is 18.8. The Morgan fingerprint density at radius 3 is 2.65 bits per heavy atom. The molecule has 0 bridgehead atoms. The second-order valence-electron chi connectivity index (χ2n) is 11.1. The lowest BCUT2D eigenvalue weighted by atomic mass is 10.1. The SMILES string of the molecule is CCS(=O)(=O)c1ccc(Cl)cc1Cn1cnc2cc(CN3CC[C@@H](CNC(=O)OC(C)(C)C)C3)c(Br)cc2c1=O. The number of fused-ring (bicyclic) bond motifs is 1. The Morgan fingerprint density at radius 1 is 1.20 bits per heavy atom. The van der Waals surface area contributed by atoms with Crippen LogP contribution in [0.4, 0.5) is 4.79 Å². The molecule has 4 rings (SSSR count). The predicted octanol–water partition coefficient (Wildman–Crippen LogP) is 5.00. The highest BCUT2D eigenvalue weighted by atomic mass is 79.9. The van der Waals surface area contributed by atoms with Gasteiger partial charge in [-0.2, -0.15) is 0 Å². The molecule has 1 N–H and O–H groups in total. The number of hydrogen-bond donors (Lipinski definition) is 1. The molecular formula is C28H34BrClN4O5S. The number of amides is 1. The quantitative estimate of drug-likeness (QED) is 0.364. The topological polar surface area (TPSA) is 111 Å². The van der Waals surface area contributed by atoms with E-state index in [-0.39, 0.29) is 22.8 Å². The van der Waals surface area contributed by atoms with Crippen LogP contribution in [0.1, 0.15) is 45.2 Å². The van der Waals surface area contributed by atoms with Crippen molar-refractivity contribution in [2.75, 3.05) is 25.4 Å². The molecule has 0 aliphatic carbocycles. The van der Waals surface area contributed by atoms with Gasteiger partial charge in [-0.3, -0.25) is 14.3 Å². The van der Waals surface area contributed by atoms with E-state index >= 15 is 0 Å². The summed E-state index contributed by atoms with van der Waals surface area (Å²) in [5.74, 6) is 0.269. The smallest absolute Gasteiger partial charge is 0.407 e. The van der Waals surface area contributed by atoms with Crippen molar-refractivity contribution in [3.63, 3.8) is 0 Å². The maximum atomic E-state index is 13.4. The number of carbonyl (C=O) groups excluding carboxylic acids is 1. The monoisotopic (exact) mass is 652 g/mol. The number of rotatable bonds is 8. The molecular weight excluding hydrogens is 620 g/mol. The Bertz CT molecular complexity index is 1590. The summed E-state index contributed by atoms with van der Waals surface area (Å²) >= 11 is 9.78. The summed E-state index contributed by atoms with van der Waals surface area (Å²) in [6, 6.07) is 8.27. The van der Waals surface area contributed by atoms with Crippen molar-refractivity contribution in [1.82, 2.24) is 19.8 Å². The van der Waals surface area contributed by atoms with Gasteiger partial charge in [0.15, 0.2) is 9.84 Å². The van der Waals surface area contributed by atoms with Gasteiger partial charge >= 0.3 is 6.09 Å². The van der Waals surface area contributed by atoms with E-state index in [0.717, 1.165) is 29.5 Å². The number of aromatic nitrogens is 2. The molecule has 1 amide bonds. The zero-order valence-corrected chi connectivity index (χ0v) is 26.2. The molecule has 0 spiro atoms. The molecule has 216 valence electrons. The number of halogens is 2. The highest BCUT2D eigenvalue weighted by Crippen LogP contribution is 2.27. The van der Waals surface area contributed by atoms with Crippen molar-refractivity contribution in [2.24, 2.45) is 5.92 Å². The van der Waals surface area contributed by atoms with Gasteiger partial charge in [-0.1, -0.05) is 34.5 Å². The van der Waals surface area contributed by atoms with Gasteiger partial charge in [0.1, 0.15) is 5.60 Å². The number of alkyl carbamates (subject to hydrolysis) is 1. The molecule has 2 aromatic carbocycles. The standard InChI is InChI=1S/C28H34BrClN4O5S/c1-5-40(37,38)25-7-6-21(30)10-20(25)16-34-17-32-24-11-19(23(29)12-22(24)26(34)35)15-33-9-8-18(14-33)13-31-27(36)39-28(2,3)4/h6-7,10-12,17-18H,5,8-9,13-16H2,1-4H3,(H,31,36)/t18-/m0/s1. The van der Waals surface area contributed by atoms with Gasteiger partial charge in [0.2, 0.25) is 0 Å². The molecule has 1 aromatic heterocycles. The summed E-state index contributed by atoms with van der Waals surface area (Å²) in [5, 5.41) is 3.69. The van der Waals surface area contributed by atoms with Crippen LogP contribution in [0.25, 0.3) is 10.9 Å². The van der Waals surface area contributed by atoms with Crippen LogP contribution in [0, 0.1) is 5.92 Å². The first kappa shape index (κ1) is 30.5. The number of likely N-dealkylation sites (tertiary alicyclic amines) is 1. The fourth-order valence-corrected chi connectivity index (χ4v) is 6.55. The van der Waals surface area contributed by atoms with Crippen LogP contribution in [0.15, 0.2) is 50.8 Å². The Labute approximate surface area is 247 Å². The molecule has 0 radical (unpaired) electrons. The molecule has 0 unspecified atom stereocenters. The number of nitrogens with one attached hydrogen (secondary N) is 1. The van der Waals surface area contributed by atoms with Crippen LogP contribution in [0.2, 0.25) is 5.02 Å². The van der Waals surface area contributed by atoms with Gasteiger partial charge in [0.05, 0.1) is 34.4 Å². The molecule has 1 fully saturated rings. The summed E-state index contributed by atoms with van der Waals surface area (Å²) < 4.78 is 32.7. The molecule has 12 heteroatoms. The highest BCUT2D eigenvalue weighted by molar-refractivity contribution is 9.10. The van der Waals surface area contributed by atoms with Crippen LogP contribution in [-0.4, -0.2) is 60.0 Å². The maximum Gasteiger partial charge on any atom is 0.407 e. The van der Waals surface area contributed by atoms with E-state index in [2.05, 4.69) is 31.1 Å². The molecule has 0 saturated carbocycles. The fourth-order valence-electron chi connectivity index (χ4n) is 4.78. The minimum absolute atomic E-state index is 0.0305. The van der Waals surface area contributed by atoms with Gasteiger partial charge in [0, 0.05) is 29.1 Å². The molecule has 1 atom stereocenters. The van der Waals surface area contributed by atoms with Crippen molar-refractivity contribution >= 4 is 54.4 Å². The predicted molar refractivity (Wildman–Crippen MR) is 160 cm³/mol. The number of nitrogens with zero attached hydrogens (tertiary/aromatic N) is 3. The van der Waals surface area contributed by atoms with Crippen LogP contribution < -0.4 is 10.9 Å². The largest absolute Gasteiger partial charge is 0.444 e. The third-order valence-electron chi connectivity index (χ3n) is 6.77. The van der Waals surface area contributed by atoms with Gasteiger partial charge in [-0.05, 0) is 81.1 Å². The maximum absolute atomic E-state index is 13.4. The Hall–Kier alpha value is -2.47. The molecule has 3 aromatic rings. The molecule has 40 heavy (non-hydrogen) atoms. The lowest BCUT2D eigenvalue weighted by Gasteiger charge is -2.21. The summed E-state index contributed by atoms with van der Waals surface area (Å²) in [7, 11) is -3.50. The molecule has 2 heterocycles. The van der Waals surface area contributed by atoms with E-state index in [4.69, 9.17) is 16.3 Å². The third-order valence-corrected chi connectivity index (χ3v) is 9.57. The first-order valence-electron chi connectivity index (χ1n) is 13.1. The number of hydrogen-bond acceptors (Lipinski definition) is 7. The Balaban J connectivity index is 1.48. The van der Waals surface area contributed by atoms with Crippen molar-refractivity contribution in [3.8, 4) is 0 Å². The lowest BCUT2D eigenvalue weighted by Crippen LogP contribution is -2.36. The summed E-state index contributed by atoms with van der Waals surface area (Å²) in [6.07, 6.45) is 2.00. The van der Waals surface area contributed by atoms with E-state index in [0.29, 0.717) is 40.5 Å². The number of sulfone groups is 1. The molecule has 1 aliphatic heterocycles. The van der Waals surface area contributed by atoms with Crippen molar-refractivity contribution < 1.29 is 17.9 Å². The normalized spacial score (nSPS) is 16.4. The number of ether oxygens (including phenoxy) is 1. The van der Waals surface area contributed by atoms with E-state index in [1.165, 1.54) is 23.0 Å². The second kappa shape index (κ2) is 12.2. The van der Waals surface area contributed by atoms with Crippen molar-refractivity contribution in [2.45, 2.75) is 57.7 Å². The van der Waals surface area contributed by atoms with Gasteiger partial charge in [-0.25, -0.2) is 18.2 Å². The van der Waals surface area contributed by atoms with Gasteiger partial charge in [-0.15, -0.1) is 0 Å². The number of carbonyl (C=O) groups is 1. The zero-order valence-electron chi connectivity index (χ0n) is 23.0. The fraction of sp³-hybridized carbons (Fsp3) is 0.464. The van der Waals surface area contributed by atoms with Crippen LogP contribution in [0.3, 0.4) is 0 Å². The average molecular weight is 654 g/mol. The van der Waals surface area contributed by atoms with Crippen molar-refractivity contribution in [1.29, 1.82) is 0 Å².